The molecule has 9 heteroatoms. The van der Waals surface area contributed by atoms with Crippen molar-refractivity contribution in [2.45, 2.75) is 109 Å². The molecule has 2 atom stereocenters. The SMILES string of the molecule is CCCCCCCCC(CCN)(CCCN)C(C)(OC)OC.CO[Si](C)(CCCN)OCCCN. The van der Waals surface area contributed by atoms with Gasteiger partial charge in [0.25, 0.3) is 0 Å². The molecule has 0 aromatic heterocycles. The molecule has 0 aliphatic rings. The first-order chi connectivity index (χ1) is 16.7. The van der Waals surface area contributed by atoms with Gasteiger partial charge in [0.1, 0.15) is 0 Å². The van der Waals surface area contributed by atoms with Crippen LogP contribution >= 0.6 is 0 Å². The zero-order valence-corrected chi connectivity index (χ0v) is 25.2. The van der Waals surface area contributed by atoms with E-state index < -0.39 is 14.3 Å². The third-order valence-electron chi connectivity index (χ3n) is 7.26. The lowest BCUT2D eigenvalue weighted by Crippen LogP contribution is -2.50. The molecule has 0 amide bonds. The summed E-state index contributed by atoms with van der Waals surface area (Å²) in [7, 11) is 3.27. The maximum Gasteiger partial charge on any atom is 0.334 e. The molecule has 2 unspecified atom stereocenters. The summed E-state index contributed by atoms with van der Waals surface area (Å²) in [5.41, 5.74) is 22.4. The molecule has 0 saturated carbocycles. The molecule has 35 heavy (non-hydrogen) atoms. The summed E-state index contributed by atoms with van der Waals surface area (Å²) >= 11 is 0. The predicted octanol–water partition coefficient (Wildman–Crippen LogP) is 4.24. The molecule has 0 aliphatic heterocycles. The van der Waals surface area contributed by atoms with Crippen molar-refractivity contribution in [2.24, 2.45) is 28.3 Å². The first-order valence-corrected chi connectivity index (χ1v) is 16.4. The van der Waals surface area contributed by atoms with Crippen LogP contribution in [-0.4, -0.2) is 68.5 Å². The third kappa shape index (κ3) is 15.7. The van der Waals surface area contributed by atoms with Crippen molar-refractivity contribution in [2.75, 3.05) is 54.1 Å². The Morgan fingerprint density at radius 3 is 1.69 bits per heavy atom. The lowest BCUT2D eigenvalue weighted by molar-refractivity contribution is -0.271. The van der Waals surface area contributed by atoms with Crippen molar-refractivity contribution in [3.8, 4) is 0 Å². The second-order valence-electron chi connectivity index (χ2n) is 9.80. The molecule has 0 bridgehead atoms. The minimum Gasteiger partial charge on any atom is -0.398 e. The van der Waals surface area contributed by atoms with Gasteiger partial charge in [0, 0.05) is 33.4 Å². The molecule has 0 saturated heterocycles. The molecule has 8 N–H and O–H groups in total. The van der Waals surface area contributed by atoms with E-state index in [9.17, 15) is 0 Å². The Kier molecular flexibility index (Phi) is 24.4. The summed E-state index contributed by atoms with van der Waals surface area (Å²) in [5.74, 6) is -0.592. The second-order valence-corrected chi connectivity index (χ2v) is 13.3. The van der Waals surface area contributed by atoms with Crippen LogP contribution in [0.15, 0.2) is 0 Å². The van der Waals surface area contributed by atoms with Gasteiger partial charge in [-0.1, -0.05) is 45.4 Å². The first-order valence-electron chi connectivity index (χ1n) is 13.8. The highest BCUT2D eigenvalue weighted by Gasteiger charge is 2.47. The first kappa shape index (κ1) is 37.1. The van der Waals surface area contributed by atoms with Crippen molar-refractivity contribution in [3.63, 3.8) is 0 Å². The van der Waals surface area contributed by atoms with E-state index in [0.29, 0.717) is 32.8 Å². The fraction of sp³-hybridized carbons (Fsp3) is 1.00. The normalized spacial score (nSPS) is 15.3. The number of hydrogen-bond acceptors (Lipinski definition) is 8. The summed E-state index contributed by atoms with van der Waals surface area (Å²) in [6, 6.07) is 0.963. The van der Waals surface area contributed by atoms with E-state index >= 15 is 0 Å². The average molecular weight is 523 g/mol. The van der Waals surface area contributed by atoms with E-state index in [0.717, 1.165) is 44.6 Å². The number of methoxy groups -OCH3 is 2. The van der Waals surface area contributed by atoms with E-state index in [1.54, 1.807) is 21.3 Å². The van der Waals surface area contributed by atoms with Gasteiger partial charge in [0.2, 0.25) is 0 Å². The maximum atomic E-state index is 5.92. The van der Waals surface area contributed by atoms with Gasteiger partial charge in [0.15, 0.2) is 5.79 Å². The van der Waals surface area contributed by atoms with Gasteiger partial charge in [-0.05, 0) is 84.2 Å². The second kappa shape index (κ2) is 23.0. The highest BCUT2D eigenvalue weighted by Crippen LogP contribution is 2.46. The number of rotatable bonds is 23. The Morgan fingerprint density at radius 1 is 0.657 bits per heavy atom. The molecule has 0 radical (unpaired) electrons. The van der Waals surface area contributed by atoms with Crippen molar-refractivity contribution in [1.82, 2.24) is 0 Å². The highest BCUT2D eigenvalue weighted by molar-refractivity contribution is 6.65. The fourth-order valence-electron chi connectivity index (χ4n) is 4.56. The van der Waals surface area contributed by atoms with Gasteiger partial charge in [-0.15, -0.1) is 0 Å². The van der Waals surface area contributed by atoms with Gasteiger partial charge in [-0.25, -0.2) is 0 Å². The number of nitrogens with two attached hydrogens (primary N) is 4. The van der Waals surface area contributed by atoms with Gasteiger partial charge in [0.05, 0.1) is 0 Å². The molecule has 0 rings (SSSR count). The molecular weight excluding hydrogens is 460 g/mol. The number of unbranched alkanes of at least 4 members (excludes halogenated alkanes) is 5. The predicted molar refractivity (Wildman–Crippen MR) is 152 cm³/mol. The minimum absolute atomic E-state index is 0.0463. The zero-order valence-electron chi connectivity index (χ0n) is 24.2. The Balaban J connectivity index is 0. The van der Waals surface area contributed by atoms with E-state index in [1.807, 2.05) is 0 Å². The summed E-state index contributed by atoms with van der Waals surface area (Å²) in [4.78, 5) is 0. The van der Waals surface area contributed by atoms with Crippen LogP contribution in [0.25, 0.3) is 0 Å². The van der Waals surface area contributed by atoms with Crippen LogP contribution in [0, 0.1) is 5.41 Å². The molecule has 0 spiro atoms. The Morgan fingerprint density at radius 2 is 1.20 bits per heavy atom. The third-order valence-corrected chi connectivity index (χ3v) is 10.2. The molecule has 0 aromatic carbocycles. The van der Waals surface area contributed by atoms with Crippen LogP contribution < -0.4 is 22.9 Å². The van der Waals surface area contributed by atoms with Crippen molar-refractivity contribution in [1.29, 1.82) is 0 Å². The molecular formula is C26H62N4O4Si. The van der Waals surface area contributed by atoms with Crippen LogP contribution in [0.3, 0.4) is 0 Å². The van der Waals surface area contributed by atoms with Crippen LogP contribution in [0.2, 0.25) is 12.6 Å². The summed E-state index contributed by atoms with van der Waals surface area (Å²) < 4.78 is 22.7. The van der Waals surface area contributed by atoms with E-state index in [-0.39, 0.29) is 5.41 Å². The van der Waals surface area contributed by atoms with Gasteiger partial charge in [-0.2, -0.15) is 0 Å². The maximum absolute atomic E-state index is 5.92. The average Bonchev–Trinajstić information content (AvgIpc) is 2.88. The van der Waals surface area contributed by atoms with E-state index in [2.05, 4.69) is 20.4 Å². The monoisotopic (exact) mass is 522 g/mol. The van der Waals surface area contributed by atoms with Crippen molar-refractivity contribution in [3.05, 3.63) is 0 Å². The smallest absolute Gasteiger partial charge is 0.334 e. The van der Waals surface area contributed by atoms with Crippen LogP contribution in [0.4, 0.5) is 0 Å². The minimum atomic E-state index is -1.92. The number of ether oxygens (including phenoxy) is 2. The van der Waals surface area contributed by atoms with Crippen molar-refractivity contribution >= 4 is 8.56 Å². The van der Waals surface area contributed by atoms with Gasteiger partial charge < -0.3 is 41.3 Å². The Labute approximate surface area is 218 Å². The van der Waals surface area contributed by atoms with Crippen LogP contribution in [-0.2, 0) is 18.3 Å². The molecule has 0 heterocycles. The fourth-order valence-corrected chi connectivity index (χ4v) is 6.45. The Hall–Kier alpha value is -0.103. The van der Waals surface area contributed by atoms with Crippen LogP contribution in [0.5, 0.6) is 0 Å². The molecule has 8 nitrogen and oxygen atoms in total. The highest BCUT2D eigenvalue weighted by atomic mass is 28.4. The topological polar surface area (TPSA) is 141 Å². The quantitative estimate of drug-likeness (QED) is 0.0887. The van der Waals surface area contributed by atoms with Crippen LogP contribution in [0.1, 0.15) is 90.9 Å². The largest absolute Gasteiger partial charge is 0.398 e. The standard InChI is InChI=1S/C18H40N2O2.C8H22N2O2Si/c1-5-6-7-8-9-10-12-18(14-16-20,13-11-15-19)17(2,21-3)22-4;1-11-13(2,8-4-6-10)12-7-3-5-9/h5-16,19-20H2,1-4H3;3-10H2,1-2H3. The van der Waals surface area contributed by atoms with E-state index in [1.165, 1.54) is 38.5 Å². The molecule has 0 aliphatic carbocycles. The summed E-state index contributed by atoms with van der Waals surface area (Å²) in [5, 5.41) is 0. The Bertz CT molecular complexity index is 461. The lowest BCUT2D eigenvalue weighted by Gasteiger charge is -2.47. The molecule has 0 aromatic rings. The number of hydrogen-bond donors (Lipinski definition) is 4. The van der Waals surface area contributed by atoms with E-state index in [4.69, 9.17) is 41.3 Å². The van der Waals surface area contributed by atoms with Gasteiger partial charge >= 0.3 is 8.56 Å². The molecule has 214 valence electrons. The zero-order chi connectivity index (χ0) is 27.1. The lowest BCUT2D eigenvalue weighted by atomic mass is 9.69. The summed E-state index contributed by atoms with van der Waals surface area (Å²) in [6.07, 6.45) is 13.6. The van der Waals surface area contributed by atoms with Crippen molar-refractivity contribution < 1.29 is 18.3 Å². The van der Waals surface area contributed by atoms with Gasteiger partial charge in [-0.3, -0.25) is 0 Å². The summed E-state index contributed by atoms with van der Waals surface area (Å²) in [6.45, 7) is 9.81. The molecule has 0 fully saturated rings.